The van der Waals surface area contributed by atoms with Gasteiger partial charge in [-0.15, -0.1) is 0 Å². The fraction of sp³-hybridized carbons (Fsp3) is 0.750. The summed E-state index contributed by atoms with van der Waals surface area (Å²) >= 11 is 0. The van der Waals surface area contributed by atoms with E-state index in [0.717, 1.165) is 6.54 Å². The molecule has 2 heteroatoms. The lowest BCUT2D eigenvalue weighted by molar-refractivity contribution is 0.134. The van der Waals surface area contributed by atoms with E-state index >= 15 is 0 Å². The van der Waals surface area contributed by atoms with Crippen LogP contribution in [-0.4, -0.2) is 22.5 Å². The van der Waals surface area contributed by atoms with Gasteiger partial charge in [0.25, 0.3) is 0 Å². The molecule has 1 atom stereocenters. The number of nitrogens with zero attached hydrogens (tertiary/aromatic N) is 2. The summed E-state index contributed by atoms with van der Waals surface area (Å²) in [6.07, 6.45) is 32.2. The number of benzene rings is 1. The minimum absolute atomic E-state index is 0.547. The Morgan fingerprint density at radius 3 is 1.50 bits per heavy atom. The van der Waals surface area contributed by atoms with E-state index in [1.54, 1.807) is 0 Å². The molecule has 0 saturated heterocycles. The summed E-state index contributed by atoms with van der Waals surface area (Å²) in [5, 5.41) is 0. The van der Waals surface area contributed by atoms with Crippen LogP contribution in [0.25, 0.3) is 0 Å². The van der Waals surface area contributed by atoms with E-state index in [9.17, 15) is 0 Å². The average Bonchev–Trinajstić information content (AvgIpc) is 3.23. The Balaban J connectivity index is 1.41. The largest absolute Gasteiger partial charge is 0.356 e. The van der Waals surface area contributed by atoms with Crippen LogP contribution in [0.1, 0.15) is 141 Å². The molecule has 0 fully saturated rings. The molecule has 1 unspecified atom stereocenters. The second-order valence-corrected chi connectivity index (χ2v) is 10.6. The molecule has 0 aliphatic carbocycles. The zero-order chi connectivity index (χ0) is 24.1. The lowest BCUT2D eigenvalue weighted by Crippen LogP contribution is -2.38. The summed E-state index contributed by atoms with van der Waals surface area (Å²) in [4.78, 5) is 5.13. The van der Waals surface area contributed by atoms with Gasteiger partial charge >= 0.3 is 0 Å². The molecule has 2 nitrogen and oxygen atoms in total. The first-order chi connectivity index (χ1) is 16.8. The van der Waals surface area contributed by atoms with Crippen molar-refractivity contribution in [2.45, 2.75) is 149 Å². The molecule has 1 aromatic carbocycles. The quantitative estimate of drug-likeness (QED) is 0.156. The van der Waals surface area contributed by atoms with Gasteiger partial charge in [-0.25, -0.2) is 0 Å². The molecular formula is C32H56N2. The summed E-state index contributed by atoms with van der Waals surface area (Å²) in [6, 6.07) is 10.9. The number of hydrogen-bond donors (Lipinski definition) is 0. The molecule has 1 aliphatic rings. The van der Waals surface area contributed by atoms with Gasteiger partial charge in [0.1, 0.15) is 6.17 Å². The molecule has 2 rings (SSSR count). The highest BCUT2D eigenvalue weighted by atomic mass is 15.4. The molecule has 0 saturated carbocycles. The van der Waals surface area contributed by atoms with Crippen LogP contribution >= 0.6 is 0 Å². The number of rotatable bonds is 22. The van der Waals surface area contributed by atoms with Gasteiger partial charge in [-0.3, -0.25) is 0 Å². The van der Waals surface area contributed by atoms with Crippen LogP contribution in [0.4, 0.5) is 0 Å². The van der Waals surface area contributed by atoms with Crippen molar-refractivity contribution in [3.8, 4) is 0 Å². The normalized spacial score (nSPS) is 15.5. The van der Waals surface area contributed by atoms with E-state index in [0.29, 0.717) is 6.17 Å². The van der Waals surface area contributed by atoms with Gasteiger partial charge in [0.15, 0.2) is 0 Å². The fourth-order valence-electron chi connectivity index (χ4n) is 5.35. The monoisotopic (exact) mass is 468 g/mol. The molecular weight excluding hydrogens is 412 g/mol. The van der Waals surface area contributed by atoms with E-state index < -0.39 is 0 Å². The Hall–Kier alpha value is -1.44. The number of unbranched alkanes of at least 4 members (excludes halogenated alkanes) is 16. The predicted octanol–water partition coefficient (Wildman–Crippen LogP) is 10.1. The van der Waals surface area contributed by atoms with Crippen molar-refractivity contribution in [2.24, 2.45) is 0 Å². The summed E-state index contributed by atoms with van der Waals surface area (Å²) in [6.45, 7) is 6.85. The molecule has 0 amide bonds. The van der Waals surface area contributed by atoms with Crippen molar-refractivity contribution in [3.63, 3.8) is 0 Å². The summed E-state index contributed by atoms with van der Waals surface area (Å²) in [7, 11) is 0. The molecule has 0 spiro atoms. The second kappa shape index (κ2) is 19.8. The zero-order valence-electron chi connectivity index (χ0n) is 22.9. The maximum Gasteiger partial charge on any atom is 0.101 e. The smallest absolute Gasteiger partial charge is 0.101 e. The Morgan fingerprint density at radius 2 is 1.00 bits per heavy atom. The van der Waals surface area contributed by atoms with Gasteiger partial charge in [0.05, 0.1) is 0 Å². The predicted molar refractivity (Wildman–Crippen MR) is 151 cm³/mol. The van der Waals surface area contributed by atoms with Crippen LogP contribution in [0.2, 0.25) is 0 Å². The van der Waals surface area contributed by atoms with Gasteiger partial charge in [0, 0.05) is 25.5 Å². The van der Waals surface area contributed by atoms with Crippen molar-refractivity contribution in [2.75, 3.05) is 6.54 Å². The average molecular weight is 469 g/mol. The lowest BCUT2D eigenvalue weighted by Gasteiger charge is -2.33. The van der Waals surface area contributed by atoms with E-state index in [2.05, 4.69) is 66.4 Å². The van der Waals surface area contributed by atoms with Gasteiger partial charge in [-0.1, -0.05) is 153 Å². The van der Waals surface area contributed by atoms with Crippen LogP contribution < -0.4 is 0 Å². The maximum absolute atomic E-state index is 2.59. The third-order valence-electron chi connectivity index (χ3n) is 7.49. The highest BCUT2D eigenvalue weighted by molar-refractivity contribution is 5.15. The molecule has 0 N–H and O–H groups in total. The molecule has 0 radical (unpaired) electrons. The minimum Gasteiger partial charge on any atom is -0.356 e. The standard InChI is InChI=1S/C32H56N2/c1-3-5-6-7-8-9-10-11-12-13-14-15-16-17-18-19-23-27-33-28-29-34(32(33)24-4-2)30-31-25-21-20-22-26-31/h20-22,25-26,28-29,32H,3-19,23-24,27,30H2,1-2H3. The minimum atomic E-state index is 0.547. The molecule has 34 heavy (non-hydrogen) atoms. The topological polar surface area (TPSA) is 6.48 Å². The van der Waals surface area contributed by atoms with Crippen molar-refractivity contribution in [1.82, 2.24) is 9.80 Å². The van der Waals surface area contributed by atoms with Crippen LogP contribution in [0.15, 0.2) is 42.7 Å². The zero-order valence-corrected chi connectivity index (χ0v) is 22.9. The van der Waals surface area contributed by atoms with E-state index in [-0.39, 0.29) is 0 Å². The number of hydrogen-bond acceptors (Lipinski definition) is 2. The fourth-order valence-corrected chi connectivity index (χ4v) is 5.35. The van der Waals surface area contributed by atoms with E-state index in [4.69, 9.17) is 0 Å². The molecule has 1 heterocycles. The third-order valence-corrected chi connectivity index (χ3v) is 7.49. The van der Waals surface area contributed by atoms with Gasteiger partial charge < -0.3 is 9.80 Å². The first-order valence-corrected chi connectivity index (χ1v) is 15.1. The van der Waals surface area contributed by atoms with Crippen LogP contribution in [0.5, 0.6) is 0 Å². The summed E-state index contributed by atoms with van der Waals surface area (Å²) < 4.78 is 0. The molecule has 1 aromatic rings. The molecule has 0 bridgehead atoms. The highest BCUT2D eigenvalue weighted by Gasteiger charge is 2.24. The van der Waals surface area contributed by atoms with Gasteiger partial charge in [-0.05, 0) is 18.4 Å². The van der Waals surface area contributed by atoms with Crippen molar-refractivity contribution < 1.29 is 0 Å². The molecule has 194 valence electrons. The molecule has 0 aromatic heterocycles. The lowest BCUT2D eigenvalue weighted by atomic mass is 10.0. The van der Waals surface area contributed by atoms with Crippen molar-refractivity contribution in [3.05, 3.63) is 48.3 Å². The Kier molecular flexibility index (Phi) is 16.8. The van der Waals surface area contributed by atoms with Crippen molar-refractivity contribution in [1.29, 1.82) is 0 Å². The summed E-state index contributed by atoms with van der Waals surface area (Å²) in [5.74, 6) is 0. The maximum atomic E-state index is 2.59. The Bertz CT molecular complexity index is 596. The van der Waals surface area contributed by atoms with Crippen LogP contribution in [0, 0.1) is 0 Å². The Morgan fingerprint density at radius 1 is 0.529 bits per heavy atom. The highest BCUT2D eigenvalue weighted by Crippen LogP contribution is 2.23. The van der Waals surface area contributed by atoms with Gasteiger partial charge in [-0.2, -0.15) is 0 Å². The van der Waals surface area contributed by atoms with Crippen LogP contribution in [-0.2, 0) is 6.54 Å². The molecule has 1 aliphatic heterocycles. The van der Waals surface area contributed by atoms with Crippen LogP contribution in [0.3, 0.4) is 0 Å². The summed E-state index contributed by atoms with van der Waals surface area (Å²) in [5.41, 5.74) is 1.41. The third kappa shape index (κ3) is 12.9. The SMILES string of the molecule is CCCCCCCCCCCCCCCCCCCN1C=CN(Cc2ccccc2)C1CCC. The first kappa shape index (κ1) is 28.8. The Labute approximate surface area is 213 Å². The van der Waals surface area contributed by atoms with Crippen molar-refractivity contribution >= 4 is 0 Å². The second-order valence-electron chi connectivity index (χ2n) is 10.6. The van der Waals surface area contributed by atoms with Gasteiger partial charge in [0.2, 0.25) is 0 Å². The first-order valence-electron chi connectivity index (χ1n) is 15.1. The van der Waals surface area contributed by atoms with E-state index in [1.165, 1.54) is 134 Å². The van der Waals surface area contributed by atoms with E-state index in [1.807, 2.05) is 0 Å².